The van der Waals surface area contributed by atoms with Gasteiger partial charge in [0.1, 0.15) is 23.7 Å². The second kappa shape index (κ2) is 8.17. The van der Waals surface area contributed by atoms with Gasteiger partial charge in [-0.2, -0.15) is 0 Å². The number of anilines is 5. The molecule has 1 aliphatic heterocycles. The molecule has 0 unspecified atom stereocenters. The molecule has 144 valence electrons. The number of aromatic nitrogens is 2. The van der Waals surface area contributed by atoms with Gasteiger partial charge in [-0.25, -0.2) is 9.97 Å². The van der Waals surface area contributed by atoms with E-state index < -0.39 is 0 Å². The average Bonchev–Trinajstić information content (AvgIpc) is 3.24. The molecule has 1 aromatic heterocycles. The van der Waals surface area contributed by atoms with Gasteiger partial charge < -0.3 is 20.3 Å². The van der Waals surface area contributed by atoms with E-state index in [9.17, 15) is 0 Å². The molecule has 0 aliphatic carbocycles. The van der Waals surface area contributed by atoms with Crippen LogP contribution in [0.25, 0.3) is 0 Å². The van der Waals surface area contributed by atoms with Gasteiger partial charge in [0.15, 0.2) is 0 Å². The van der Waals surface area contributed by atoms with Crippen molar-refractivity contribution in [3.8, 4) is 5.75 Å². The van der Waals surface area contributed by atoms with E-state index in [1.54, 1.807) is 13.4 Å². The van der Waals surface area contributed by atoms with Crippen LogP contribution in [-0.2, 0) is 0 Å². The molecule has 2 N–H and O–H groups in total. The highest BCUT2D eigenvalue weighted by molar-refractivity contribution is 5.68. The van der Waals surface area contributed by atoms with E-state index in [0.717, 1.165) is 41.6 Å². The second-order valence-corrected chi connectivity index (χ2v) is 6.98. The Morgan fingerprint density at radius 1 is 0.893 bits per heavy atom. The molecule has 4 rings (SSSR count). The van der Waals surface area contributed by atoms with Crippen molar-refractivity contribution in [2.75, 3.05) is 35.7 Å². The summed E-state index contributed by atoms with van der Waals surface area (Å²) in [6.07, 6.45) is 4.11. The zero-order chi connectivity index (χ0) is 19.3. The number of hydrogen-bond donors (Lipinski definition) is 2. The lowest BCUT2D eigenvalue weighted by atomic mass is 10.2. The van der Waals surface area contributed by atoms with Crippen LogP contribution >= 0.6 is 0 Å². The maximum atomic E-state index is 5.43. The molecular formula is C22H25N5O. The Labute approximate surface area is 165 Å². The van der Waals surface area contributed by atoms with Crippen LogP contribution in [0.4, 0.5) is 28.7 Å². The molecule has 2 aromatic carbocycles. The number of methoxy groups -OCH3 is 1. The van der Waals surface area contributed by atoms with Gasteiger partial charge in [-0.1, -0.05) is 6.07 Å². The first-order chi connectivity index (χ1) is 13.7. The van der Waals surface area contributed by atoms with Crippen LogP contribution in [0.2, 0.25) is 0 Å². The third-order valence-corrected chi connectivity index (χ3v) is 4.90. The fraction of sp³-hybridized carbons (Fsp3) is 0.273. The summed E-state index contributed by atoms with van der Waals surface area (Å²) in [6.45, 7) is 4.34. The zero-order valence-corrected chi connectivity index (χ0v) is 16.3. The Morgan fingerprint density at radius 2 is 1.61 bits per heavy atom. The number of nitrogens with zero attached hydrogens (tertiary/aromatic N) is 3. The number of nitrogens with one attached hydrogen (secondary N) is 2. The minimum atomic E-state index is 0.704. The van der Waals surface area contributed by atoms with Crippen molar-refractivity contribution in [1.82, 2.24) is 9.97 Å². The third-order valence-electron chi connectivity index (χ3n) is 4.90. The Bertz CT molecular complexity index is 936. The molecular weight excluding hydrogens is 350 g/mol. The number of aryl methyl sites for hydroxylation is 1. The van der Waals surface area contributed by atoms with Gasteiger partial charge in [0.25, 0.3) is 0 Å². The van der Waals surface area contributed by atoms with Crippen molar-refractivity contribution in [1.29, 1.82) is 0 Å². The van der Waals surface area contributed by atoms with Gasteiger partial charge in [0.2, 0.25) is 0 Å². The lowest BCUT2D eigenvalue weighted by Gasteiger charge is -2.18. The van der Waals surface area contributed by atoms with Gasteiger partial charge in [-0.15, -0.1) is 0 Å². The summed E-state index contributed by atoms with van der Waals surface area (Å²) in [6, 6.07) is 16.4. The molecule has 0 amide bonds. The van der Waals surface area contributed by atoms with E-state index >= 15 is 0 Å². The van der Waals surface area contributed by atoms with Crippen molar-refractivity contribution < 1.29 is 4.74 Å². The minimum absolute atomic E-state index is 0.704. The molecule has 1 saturated heterocycles. The summed E-state index contributed by atoms with van der Waals surface area (Å²) in [4.78, 5) is 11.1. The zero-order valence-electron chi connectivity index (χ0n) is 16.3. The molecule has 6 nitrogen and oxygen atoms in total. The highest BCUT2D eigenvalue weighted by atomic mass is 16.5. The molecule has 0 radical (unpaired) electrons. The van der Waals surface area contributed by atoms with Crippen LogP contribution in [-0.4, -0.2) is 30.2 Å². The summed E-state index contributed by atoms with van der Waals surface area (Å²) in [5.41, 5.74) is 4.30. The van der Waals surface area contributed by atoms with Gasteiger partial charge in [-0.05, 0) is 61.7 Å². The number of benzene rings is 2. The number of rotatable bonds is 6. The largest absolute Gasteiger partial charge is 0.495 e. The lowest BCUT2D eigenvalue weighted by Crippen LogP contribution is -2.17. The Balaban J connectivity index is 1.47. The number of ether oxygens (including phenoxy) is 1. The fourth-order valence-electron chi connectivity index (χ4n) is 3.43. The molecule has 0 spiro atoms. The summed E-state index contributed by atoms with van der Waals surface area (Å²) in [7, 11) is 1.66. The topological polar surface area (TPSA) is 62.3 Å². The van der Waals surface area contributed by atoms with E-state index in [-0.39, 0.29) is 0 Å². The van der Waals surface area contributed by atoms with Crippen molar-refractivity contribution in [2.24, 2.45) is 0 Å². The maximum absolute atomic E-state index is 5.43. The van der Waals surface area contributed by atoms with Crippen LogP contribution in [0.3, 0.4) is 0 Å². The minimum Gasteiger partial charge on any atom is -0.495 e. The summed E-state index contributed by atoms with van der Waals surface area (Å²) >= 11 is 0. The van der Waals surface area contributed by atoms with Crippen LogP contribution in [0.5, 0.6) is 5.75 Å². The monoisotopic (exact) mass is 375 g/mol. The van der Waals surface area contributed by atoms with E-state index in [1.807, 2.05) is 31.2 Å². The van der Waals surface area contributed by atoms with Crippen LogP contribution < -0.4 is 20.3 Å². The quantitative estimate of drug-likeness (QED) is 0.640. The maximum Gasteiger partial charge on any atom is 0.142 e. The summed E-state index contributed by atoms with van der Waals surface area (Å²) < 4.78 is 5.43. The van der Waals surface area contributed by atoms with Gasteiger partial charge in [-0.3, -0.25) is 0 Å². The second-order valence-electron chi connectivity index (χ2n) is 6.98. The first-order valence-electron chi connectivity index (χ1n) is 9.57. The molecule has 1 aliphatic rings. The lowest BCUT2D eigenvalue weighted by molar-refractivity contribution is 0.416. The van der Waals surface area contributed by atoms with E-state index in [0.29, 0.717) is 5.82 Å². The fourth-order valence-corrected chi connectivity index (χ4v) is 3.43. The third kappa shape index (κ3) is 4.17. The Kier molecular flexibility index (Phi) is 5.28. The Morgan fingerprint density at radius 3 is 2.32 bits per heavy atom. The predicted octanol–water partition coefficient (Wildman–Crippen LogP) is 4.88. The van der Waals surface area contributed by atoms with Crippen LogP contribution in [0, 0.1) is 6.92 Å². The van der Waals surface area contributed by atoms with Gasteiger partial charge in [0.05, 0.1) is 12.8 Å². The van der Waals surface area contributed by atoms with E-state index in [4.69, 9.17) is 4.74 Å². The normalized spacial score (nSPS) is 13.4. The first-order valence-corrected chi connectivity index (χ1v) is 9.57. The molecule has 28 heavy (non-hydrogen) atoms. The molecule has 0 saturated carbocycles. The number of hydrogen-bond acceptors (Lipinski definition) is 6. The summed E-state index contributed by atoms with van der Waals surface area (Å²) in [5.74, 6) is 2.21. The molecule has 3 aromatic rings. The van der Waals surface area contributed by atoms with Crippen molar-refractivity contribution in [3.05, 3.63) is 60.4 Å². The molecule has 6 heteroatoms. The molecule has 0 bridgehead atoms. The highest BCUT2D eigenvalue weighted by Gasteiger charge is 2.12. The van der Waals surface area contributed by atoms with E-state index in [1.165, 1.54) is 18.5 Å². The standard InChI is InChI=1S/C22H25N5O/c1-16-5-10-20(28-2)19(13-16)26-22-14-21(23-15-24-22)25-17-6-8-18(9-7-17)27-11-3-4-12-27/h5-10,13-15H,3-4,11-12H2,1-2H3,(H2,23,24,25,26). The van der Waals surface area contributed by atoms with Gasteiger partial charge in [0, 0.05) is 30.5 Å². The average molecular weight is 375 g/mol. The van der Waals surface area contributed by atoms with Gasteiger partial charge >= 0.3 is 0 Å². The Hall–Kier alpha value is -3.28. The van der Waals surface area contributed by atoms with Crippen molar-refractivity contribution >= 4 is 28.7 Å². The summed E-state index contributed by atoms with van der Waals surface area (Å²) in [5, 5.41) is 6.66. The molecule has 2 heterocycles. The highest BCUT2D eigenvalue weighted by Crippen LogP contribution is 2.29. The molecule has 1 fully saturated rings. The van der Waals surface area contributed by atoms with Crippen LogP contribution in [0.1, 0.15) is 18.4 Å². The van der Waals surface area contributed by atoms with Crippen molar-refractivity contribution in [2.45, 2.75) is 19.8 Å². The first kappa shape index (κ1) is 18.1. The SMILES string of the molecule is COc1ccc(C)cc1Nc1cc(Nc2ccc(N3CCCC3)cc2)ncn1. The molecule has 0 atom stereocenters. The smallest absolute Gasteiger partial charge is 0.142 e. The predicted molar refractivity (Wildman–Crippen MR) is 114 cm³/mol. The van der Waals surface area contributed by atoms with Crippen molar-refractivity contribution in [3.63, 3.8) is 0 Å². The van der Waals surface area contributed by atoms with Crippen LogP contribution in [0.15, 0.2) is 54.9 Å². The van der Waals surface area contributed by atoms with E-state index in [2.05, 4.69) is 49.8 Å².